The van der Waals surface area contributed by atoms with E-state index in [-0.39, 0.29) is 11.6 Å². The minimum Gasteiger partial charge on any atom is -0.364 e. The summed E-state index contributed by atoms with van der Waals surface area (Å²) in [6.45, 7) is 0. The third kappa shape index (κ3) is 2.99. The van der Waals surface area contributed by atoms with Crippen LogP contribution in [0.4, 0.5) is 5.13 Å². The Kier molecular flexibility index (Phi) is 3.20. The Hall–Kier alpha value is -1.15. The lowest BCUT2D eigenvalue weighted by molar-refractivity contribution is 0.0996. The fraction of sp³-hybridized carbons (Fsp3) is 0.200. The summed E-state index contributed by atoms with van der Waals surface area (Å²) < 4.78 is 20.3. The van der Waals surface area contributed by atoms with Gasteiger partial charge in [0.2, 0.25) is 0 Å². The number of thiol groups is 1. The molecule has 1 heterocycles. The van der Waals surface area contributed by atoms with E-state index in [2.05, 4.69) is 10.3 Å². The van der Waals surface area contributed by atoms with E-state index < -0.39 is 16.6 Å². The fourth-order valence-electron chi connectivity index (χ4n) is 0.600. The number of hydrogen-bond donors (Lipinski definition) is 3. The fourth-order valence-corrected chi connectivity index (χ4v) is 1.68. The number of amides is 1. The van der Waals surface area contributed by atoms with E-state index in [9.17, 15) is 13.2 Å². The van der Waals surface area contributed by atoms with Gasteiger partial charge in [0, 0.05) is 5.38 Å². The Morgan fingerprint density at radius 2 is 2.38 bits per heavy atom. The first-order chi connectivity index (χ1) is 6.09. The molecule has 72 valence electrons. The average molecular weight is 221 g/mol. The Morgan fingerprint density at radius 1 is 1.69 bits per heavy atom. The number of aromatic nitrogens is 1. The molecule has 1 rings (SSSR count). The van der Waals surface area contributed by atoms with E-state index in [1.807, 2.05) is 0 Å². The van der Waals surface area contributed by atoms with Crippen LogP contribution in [0.5, 0.6) is 0 Å². The topological polar surface area (TPSA) is 102 Å². The van der Waals surface area contributed by atoms with Gasteiger partial charge in [-0.05, 0) is 0 Å². The third-order valence-electron chi connectivity index (χ3n) is 1.12. The molecule has 3 N–H and O–H groups in total. The molecule has 0 aromatic carbocycles. The first-order valence-electron chi connectivity index (χ1n) is 3.20. The van der Waals surface area contributed by atoms with Gasteiger partial charge in [0.1, 0.15) is 11.6 Å². The number of nitrogens with one attached hydrogen (secondary N) is 1. The van der Waals surface area contributed by atoms with Gasteiger partial charge < -0.3 is 11.1 Å². The molecule has 0 atom stereocenters. The highest BCUT2D eigenvalue weighted by molar-refractivity contribution is 7.72. The SMILES string of the molecule is NC(=O)c1csc(NC[SH](=O)=O)n1. The summed E-state index contributed by atoms with van der Waals surface area (Å²) in [5.74, 6) is -0.822. The van der Waals surface area contributed by atoms with E-state index in [0.717, 1.165) is 11.3 Å². The maximum absolute atomic E-state index is 10.6. The number of nitrogens with two attached hydrogens (primary N) is 1. The monoisotopic (exact) mass is 221 g/mol. The summed E-state index contributed by atoms with van der Waals surface area (Å²) in [6.07, 6.45) is 0. The Labute approximate surface area is 79.7 Å². The summed E-state index contributed by atoms with van der Waals surface area (Å²) in [4.78, 5) is 14.3. The lowest BCUT2D eigenvalue weighted by atomic mass is 10.5. The van der Waals surface area contributed by atoms with Crippen molar-refractivity contribution in [2.24, 2.45) is 5.73 Å². The van der Waals surface area contributed by atoms with Crippen molar-refractivity contribution in [1.82, 2.24) is 4.98 Å². The molecule has 13 heavy (non-hydrogen) atoms. The summed E-state index contributed by atoms with van der Waals surface area (Å²) >= 11 is 1.13. The number of carbonyl (C=O) groups is 1. The van der Waals surface area contributed by atoms with Gasteiger partial charge in [-0.3, -0.25) is 4.79 Å². The highest BCUT2D eigenvalue weighted by Gasteiger charge is 2.05. The van der Waals surface area contributed by atoms with Crippen molar-refractivity contribution in [2.75, 3.05) is 11.2 Å². The minimum atomic E-state index is -2.49. The molecular formula is C5H7N3O3S2. The largest absolute Gasteiger partial charge is 0.364 e. The van der Waals surface area contributed by atoms with Gasteiger partial charge in [-0.15, -0.1) is 11.3 Å². The molecular weight excluding hydrogens is 214 g/mol. The van der Waals surface area contributed by atoms with Crippen LogP contribution in [0, 0.1) is 0 Å². The van der Waals surface area contributed by atoms with E-state index in [0.29, 0.717) is 5.13 Å². The van der Waals surface area contributed by atoms with Crippen molar-refractivity contribution < 1.29 is 13.2 Å². The summed E-state index contributed by atoms with van der Waals surface area (Å²) in [6, 6.07) is 0. The van der Waals surface area contributed by atoms with Crippen molar-refractivity contribution in [3.63, 3.8) is 0 Å². The molecule has 0 aliphatic rings. The maximum Gasteiger partial charge on any atom is 0.268 e. The Balaban J connectivity index is 2.64. The normalized spacial score (nSPS) is 10.2. The van der Waals surface area contributed by atoms with Gasteiger partial charge in [0.15, 0.2) is 15.8 Å². The van der Waals surface area contributed by atoms with Crippen LogP contribution >= 0.6 is 11.3 Å². The molecule has 1 aromatic heterocycles. The standard InChI is InChI=1S/C5H7N3O3S2/c6-4(9)3-1-12-5(8-3)7-2-13(10)11/h1,13H,2H2,(H2,6,9)(H,7,8). The molecule has 0 spiro atoms. The van der Waals surface area contributed by atoms with Gasteiger partial charge in [0.05, 0.1) is 0 Å². The average Bonchev–Trinajstić information content (AvgIpc) is 2.48. The second kappa shape index (κ2) is 4.19. The first-order valence-corrected chi connectivity index (χ1v) is 5.45. The van der Waals surface area contributed by atoms with Crippen LogP contribution in [0.3, 0.4) is 0 Å². The number of thiazole rings is 1. The Morgan fingerprint density at radius 3 is 2.85 bits per heavy atom. The van der Waals surface area contributed by atoms with E-state index in [1.165, 1.54) is 5.38 Å². The summed E-state index contributed by atoms with van der Waals surface area (Å²) in [5.41, 5.74) is 5.07. The number of primary amides is 1. The van der Waals surface area contributed by atoms with Crippen LogP contribution in [0.25, 0.3) is 0 Å². The van der Waals surface area contributed by atoms with Crippen LogP contribution < -0.4 is 11.1 Å². The molecule has 0 bridgehead atoms. The minimum absolute atomic E-state index is 0.133. The molecule has 0 radical (unpaired) electrons. The van der Waals surface area contributed by atoms with E-state index in [1.54, 1.807) is 0 Å². The van der Waals surface area contributed by atoms with Crippen LogP contribution in [0.2, 0.25) is 0 Å². The van der Waals surface area contributed by atoms with E-state index >= 15 is 0 Å². The second-order valence-corrected chi connectivity index (χ2v) is 3.91. The zero-order chi connectivity index (χ0) is 9.84. The molecule has 0 aliphatic heterocycles. The highest BCUT2D eigenvalue weighted by Crippen LogP contribution is 2.14. The first kappa shape index (κ1) is 9.93. The quantitative estimate of drug-likeness (QED) is 0.579. The summed E-state index contributed by atoms with van der Waals surface area (Å²) in [7, 11) is -2.49. The van der Waals surface area contributed by atoms with Crippen molar-refractivity contribution >= 4 is 33.1 Å². The zero-order valence-corrected chi connectivity index (χ0v) is 8.10. The predicted molar refractivity (Wildman–Crippen MR) is 49.4 cm³/mol. The summed E-state index contributed by atoms with van der Waals surface area (Å²) in [5, 5.41) is 4.35. The molecule has 0 fully saturated rings. The lowest BCUT2D eigenvalue weighted by Gasteiger charge is -1.92. The number of nitrogens with zero attached hydrogens (tertiary/aromatic N) is 1. The highest BCUT2D eigenvalue weighted by atomic mass is 32.2. The predicted octanol–water partition coefficient (Wildman–Crippen LogP) is -0.777. The van der Waals surface area contributed by atoms with Gasteiger partial charge in [-0.1, -0.05) is 0 Å². The van der Waals surface area contributed by atoms with Crippen LogP contribution in [-0.4, -0.2) is 25.2 Å². The molecule has 6 nitrogen and oxygen atoms in total. The van der Waals surface area contributed by atoms with Crippen molar-refractivity contribution in [1.29, 1.82) is 0 Å². The van der Waals surface area contributed by atoms with Crippen LogP contribution in [0.1, 0.15) is 10.5 Å². The molecule has 0 aliphatic carbocycles. The Bertz CT molecular complexity index is 376. The van der Waals surface area contributed by atoms with Gasteiger partial charge in [-0.25, -0.2) is 13.4 Å². The van der Waals surface area contributed by atoms with Crippen LogP contribution in [0.15, 0.2) is 5.38 Å². The van der Waals surface area contributed by atoms with Gasteiger partial charge in [-0.2, -0.15) is 0 Å². The van der Waals surface area contributed by atoms with E-state index in [4.69, 9.17) is 5.73 Å². The number of hydrogen-bond acceptors (Lipinski definition) is 6. The molecule has 8 heteroatoms. The molecule has 1 amide bonds. The van der Waals surface area contributed by atoms with Gasteiger partial charge in [0.25, 0.3) is 5.91 Å². The number of carbonyl (C=O) groups excluding carboxylic acids is 1. The maximum atomic E-state index is 10.6. The lowest BCUT2D eigenvalue weighted by Crippen LogP contribution is -2.11. The zero-order valence-electron chi connectivity index (χ0n) is 6.39. The second-order valence-electron chi connectivity index (χ2n) is 2.07. The van der Waals surface area contributed by atoms with Crippen molar-refractivity contribution in [3.8, 4) is 0 Å². The number of anilines is 1. The molecule has 0 saturated heterocycles. The van der Waals surface area contributed by atoms with Crippen LogP contribution in [-0.2, 0) is 10.7 Å². The van der Waals surface area contributed by atoms with Crippen molar-refractivity contribution in [2.45, 2.75) is 0 Å². The molecule has 0 saturated carbocycles. The van der Waals surface area contributed by atoms with Crippen molar-refractivity contribution in [3.05, 3.63) is 11.1 Å². The number of rotatable bonds is 4. The smallest absolute Gasteiger partial charge is 0.268 e. The van der Waals surface area contributed by atoms with Gasteiger partial charge >= 0.3 is 0 Å². The molecule has 0 unspecified atom stereocenters. The third-order valence-corrected chi connectivity index (χ3v) is 2.33. The molecule has 1 aromatic rings.